The zero-order valence-corrected chi connectivity index (χ0v) is 11.1. The molecule has 0 unspecified atom stereocenters. The highest BCUT2D eigenvalue weighted by molar-refractivity contribution is 5.70. The van der Waals surface area contributed by atoms with Gasteiger partial charge in [0.2, 0.25) is 0 Å². The largest absolute Gasteiger partial charge is 0.481 e. The fourth-order valence-corrected chi connectivity index (χ4v) is 1.02. The van der Waals surface area contributed by atoms with Gasteiger partial charge in [-0.15, -0.1) is 0 Å². The van der Waals surface area contributed by atoms with Gasteiger partial charge in [0.1, 0.15) is 0 Å². The summed E-state index contributed by atoms with van der Waals surface area (Å²) in [6.07, 6.45) is 5.12. The van der Waals surface area contributed by atoms with E-state index in [0.717, 1.165) is 25.9 Å². The van der Waals surface area contributed by atoms with Gasteiger partial charge >= 0.3 is 11.9 Å². The van der Waals surface area contributed by atoms with Gasteiger partial charge in [0.15, 0.2) is 0 Å². The Hall–Kier alpha value is -2.11. The summed E-state index contributed by atoms with van der Waals surface area (Å²) in [4.78, 5) is 30.7. The van der Waals surface area contributed by atoms with Gasteiger partial charge in [-0.25, -0.2) is 0 Å². The van der Waals surface area contributed by atoms with Crippen molar-refractivity contribution in [2.75, 3.05) is 0 Å². The lowest BCUT2D eigenvalue weighted by molar-refractivity contribution is -0.138. The molecule has 0 aliphatic rings. The standard InChI is InChI=1S/C11H16O4.C2H4O2/c1-3-14-10(12)8-6-5-7-9-11(13)15-4-2;1-2(3)4/h3-4H,1-2,5-9H2;1H3,(H,3,4). The summed E-state index contributed by atoms with van der Waals surface area (Å²) in [5.74, 6) is -1.42. The molecule has 0 aromatic carbocycles. The van der Waals surface area contributed by atoms with E-state index in [1.807, 2.05) is 0 Å². The van der Waals surface area contributed by atoms with Gasteiger partial charge in [-0.2, -0.15) is 0 Å². The Kier molecular flexibility index (Phi) is 14.1. The van der Waals surface area contributed by atoms with Crippen molar-refractivity contribution in [3.63, 3.8) is 0 Å². The summed E-state index contributed by atoms with van der Waals surface area (Å²) in [6.45, 7) is 7.63. The van der Waals surface area contributed by atoms with Crippen LogP contribution in [-0.2, 0) is 23.9 Å². The SMILES string of the molecule is C=COC(=O)CCCCCC(=O)OC=C.CC(=O)O. The summed E-state index contributed by atoms with van der Waals surface area (Å²) in [6, 6.07) is 0. The van der Waals surface area contributed by atoms with E-state index < -0.39 is 5.97 Å². The molecule has 0 bridgehead atoms. The number of carboxylic acids is 1. The average Bonchev–Trinajstić information content (AvgIpc) is 2.28. The maximum atomic E-state index is 10.8. The van der Waals surface area contributed by atoms with Crippen molar-refractivity contribution in [3.05, 3.63) is 25.7 Å². The van der Waals surface area contributed by atoms with Crippen molar-refractivity contribution in [1.82, 2.24) is 0 Å². The molecule has 0 fully saturated rings. The minimum atomic E-state index is -0.833. The highest BCUT2D eigenvalue weighted by Crippen LogP contribution is 2.05. The third kappa shape index (κ3) is 21.7. The lowest BCUT2D eigenvalue weighted by atomic mass is 10.1. The number of unbranched alkanes of at least 4 members (excludes halogenated alkanes) is 2. The molecule has 6 heteroatoms. The molecule has 0 aromatic rings. The maximum Gasteiger partial charge on any atom is 0.310 e. The van der Waals surface area contributed by atoms with Crippen LogP contribution >= 0.6 is 0 Å². The van der Waals surface area contributed by atoms with Crippen molar-refractivity contribution < 1.29 is 29.0 Å². The number of carboxylic acid groups (broad SMARTS) is 1. The number of ether oxygens (including phenoxy) is 2. The summed E-state index contributed by atoms with van der Waals surface area (Å²) >= 11 is 0. The Morgan fingerprint density at radius 1 is 0.947 bits per heavy atom. The first-order chi connectivity index (χ1) is 8.93. The zero-order valence-electron chi connectivity index (χ0n) is 11.1. The Labute approximate surface area is 112 Å². The van der Waals surface area contributed by atoms with Gasteiger partial charge in [0.05, 0.1) is 12.5 Å². The molecule has 0 amide bonds. The zero-order chi connectivity index (χ0) is 15.1. The third-order valence-corrected chi connectivity index (χ3v) is 1.69. The monoisotopic (exact) mass is 272 g/mol. The Bertz CT molecular complexity index is 280. The van der Waals surface area contributed by atoms with Crippen LogP contribution in [0.25, 0.3) is 0 Å². The lowest BCUT2D eigenvalue weighted by Gasteiger charge is -2.00. The van der Waals surface area contributed by atoms with Crippen LogP contribution in [0.1, 0.15) is 39.0 Å². The Morgan fingerprint density at radius 2 is 1.26 bits per heavy atom. The van der Waals surface area contributed by atoms with Crippen molar-refractivity contribution in [1.29, 1.82) is 0 Å². The molecule has 0 rings (SSSR count). The maximum absolute atomic E-state index is 10.8. The van der Waals surface area contributed by atoms with Gasteiger partial charge < -0.3 is 14.6 Å². The highest BCUT2D eigenvalue weighted by Gasteiger charge is 2.03. The molecule has 108 valence electrons. The normalized spacial score (nSPS) is 8.47. The van der Waals surface area contributed by atoms with Crippen molar-refractivity contribution in [2.45, 2.75) is 39.0 Å². The molecule has 0 saturated heterocycles. The number of carbonyl (C=O) groups is 3. The van der Waals surface area contributed by atoms with E-state index in [2.05, 4.69) is 22.6 Å². The smallest absolute Gasteiger partial charge is 0.310 e. The fourth-order valence-electron chi connectivity index (χ4n) is 1.02. The van der Waals surface area contributed by atoms with Crippen LogP contribution in [0.15, 0.2) is 25.7 Å². The first-order valence-electron chi connectivity index (χ1n) is 5.74. The van der Waals surface area contributed by atoms with Crippen molar-refractivity contribution in [3.8, 4) is 0 Å². The molecular formula is C13H20O6. The third-order valence-electron chi connectivity index (χ3n) is 1.69. The van der Waals surface area contributed by atoms with Crippen LogP contribution < -0.4 is 0 Å². The van der Waals surface area contributed by atoms with E-state index in [9.17, 15) is 9.59 Å². The van der Waals surface area contributed by atoms with E-state index >= 15 is 0 Å². The molecular weight excluding hydrogens is 252 g/mol. The quantitative estimate of drug-likeness (QED) is 0.414. The van der Waals surface area contributed by atoms with E-state index in [4.69, 9.17) is 9.90 Å². The van der Waals surface area contributed by atoms with Gasteiger partial charge in [0.25, 0.3) is 5.97 Å². The summed E-state index contributed by atoms with van der Waals surface area (Å²) < 4.78 is 9.06. The number of rotatable bonds is 8. The van der Waals surface area contributed by atoms with Crippen LogP contribution in [0.5, 0.6) is 0 Å². The Balaban J connectivity index is 0. The van der Waals surface area contributed by atoms with Crippen LogP contribution in [0, 0.1) is 0 Å². The number of carbonyl (C=O) groups excluding carboxylic acids is 2. The first kappa shape index (κ1) is 19.2. The van der Waals surface area contributed by atoms with E-state index in [1.54, 1.807) is 0 Å². The van der Waals surface area contributed by atoms with Crippen LogP contribution in [0.2, 0.25) is 0 Å². The second-order valence-electron chi connectivity index (χ2n) is 3.39. The molecule has 0 heterocycles. The molecule has 1 N–H and O–H groups in total. The van der Waals surface area contributed by atoms with Crippen LogP contribution in [-0.4, -0.2) is 23.0 Å². The molecule has 0 atom stereocenters. The minimum Gasteiger partial charge on any atom is -0.481 e. The molecule has 0 aliphatic carbocycles. The second kappa shape index (κ2) is 14.0. The predicted octanol–water partition coefficient (Wildman–Crippen LogP) is 2.40. The van der Waals surface area contributed by atoms with Crippen molar-refractivity contribution in [2.24, 2.45) is 0 Å². The summed E-state index contributed by atoms with van der Waals surface area (Å²) in [7, 11) is 0. The molecule has 6 nitrogen and oxygen atoms in total. The average molecular weight is 272 g/mol. The van der Waals surface area contributed by atoms with Crippen LogP contribution in [0.3, 0.4) is 0 Å². The topological polar surface area (TPSA) is 89.9 Å². The fraction of sp³-hybridized carbons (Fsp3) is 0.462. The molecule has 0 radical (unpaired) electrons. The molecule has 0 aromatic heterocycles. The summed E-state index contributed by atoms with van der Waals surface area (Å²) in [5.41, 5.74) is 0. The van der Waals surface area contributed by atoms with E-state index in [0.29, 0.717) is 25.7 Å². The van der Waals surface area contributed by atoms with Gasteiger partial charge in [0, 0.05) is 19.8 Å². The number of esters is 2. The van der Waals surface area contributed by atoms with Crippen molar-refractivity contribution >= 4 is 17.9 Å². The van der Waals surface area contributed by atoms with Gasteiger partial charge in [-0.05, 0) is 12.8 Å². The molecule has 0 saturated carbocycles. The lowest BCUT2D eigenvalue weighted by Crippen LogP contribution is -2.00. The molecule has 0 spiro atoms. The van der Waals surface area contributed by atoms with Gasteiger partial charge in [-0.3, -0.25) is 14.4 Å². The van der Waals surface area contributed by atoms with E-state index in [1.165, 1.54) is 0 Å². The predicted molar refractivity (Wildman–Crippen MR) is 69.0 cm³/mol. The van der Waals surface area contributed by atoms with Gasteiger partial charge in [-0.1, -0.05) is 19.6 Å². The minimum absolute atomic E-state index is 0.293. The molecule has 0 aliphatic heterocycles. The highest BCUT2D eigenvalue weighted by atomic mass is 16.5. The first-order valence-corrected chi connectivity index (χ1v) is 5.74. The second-order valence-corrected chi connectivity index (χ2v) is 3.39. The summed E-state index contributed by atoms with van der Waals surface area (Å²) in [5, 5.41) is 7.42. The number of hydrogen-bond acceptors (Lipinski definition) is 5. The Morgan fingerprint density at radius 3 is 1.53 bits per heavy atom. The number of aliphatic carboxylic acids is 1. The molecule has 19 heavy (non-hydrogen) atoms. The van der Waals surface area contributed by atoms with Crippen LogP contribution in [0.4, 0.5) is 0 Å². The van der Waals surface area contributed by atoms with E-state index in [-0.39, 0.29) is 11.9 Å². The number of hydrogen-bond donors (Lipinski definition) is 1.